The number of carbonyl (C=O) groups is 2. The number of rotatable bonds is 2. The second kappa shape index (κ2) is 12.3. The van der Waals surface area contributed by atoms with Crippen molar-refractivity contribution >= 4 is 17.5 Å². The molecule has 1 fully saturated rings. The van der Waals surface area contributed by atoms with Crippen molar-refractivity contribution in [1.29, 1.82) is 0 Å². The van der Waals surface area contributed by atoms with Gasteiger partial charge in [-0.1, -0.05) is 43.9 Å². The number of amides is 2. The van der Waals surface area contributed by atoms with Crippen LogP contribution in [-0.4, -0.2) is 58.8 Å². The van der Waals surface area contributed by atoms with Crippen LogP contribution in [0.2, 0.25) is 0 Å². The average molecular weight is 477 g/mol. The number of benzene rings is 1. The minimum atomic E-state index is 0.0986. The Hall–Kier alpha value is -2.73. The summed E-state index contributed by atoms with van der Waals surface area (Å²) in [6.07, 6.45) is 10.9. The summed E-state index contributed by atoms with van der Waals surface area (Å²) in [5.74, 6) is 0.220. The van der Waals surface area contributed by atoms with E-state index in [0.29, 0.717) is 11.6 Å². The number of fused-ring (bicyclic) bond motifs is 1. The van der Waals surface area contributed by atoms with Gasteiger partial charge in [-0.2, -0.15) is 0 Å². The predicted molar refractivity (Wildman–Crippen MR) is 140 cm³/mol. The van der Waals surface area contributed by atoms with Gasteiger partial charge < -0.3 is 9.80 Å². The summed E-state index contributed by atoms with van der Waals surface area (Å²) in [6, 6.07) is 12.6. The minimum Gasteiger partial charge on any atom is -0.338 e. The molecule has 0 spiro atoms. The molecule has 0 aliphatic carbocycles. The van der Waals surface area contributed by atoms with Crippen LogP contribution in [0.3, 0.4) is 0 Å². The topological polar surface area (TPSA) is 56.8 Å². The zero-order chi connectivity index (χ0) is 24.6. The number of anilines is 1. The van der Waals surface area contributed by atoms with Crippen LogP contribution in [0.15, 0.2) is 42.6 Å². The van der Waals surface area contributed by atoms with E-state index < -0.39 is 0 Å². The van der Waals surface area contributed by atoms with Crippen molar-refractivity contribution < 1.29 is 9.59 Å². The summed E-state index contributed by atoms with van der Waals surface area (Å²) < 4.78 is 0. The highest BCUT2D eigenvalue weighted by atomic mass is 16.2. The maximum atomic E-state index is 13.1. The second-order valence-corrected chi connectivity index (χ2v) is 10.1. The summed E-state index contributed by atoms with van der Waals surface area (Å²) in [4.78, 5) is 36.5. The van der Waals surface area contributed by atoms with Gasteiger partial charge in [-0.3, -0.25) is 19.5 Å². The minimum absolute atomic E-state index is 0.0986. The van der Waals surface area contributed by atoms with Crippen LogP contribution in [0.25, 0.3) is 0 Å². The fourth-order valence-corrected chi connectivity index (χ4v) is 5.57. The van der Waals surface area contributed by atoms with Crippen LogP contribution < -0.4 is 4.90 Å². The molecule has 188 valence electrons. The van der Waals surface area contributed by atoms with Crippen LogP contribution in [-0.2, 0) is 11.3 Å². The highest BCUT2D eigenvalue weighted by Crippen LogP contribution is 2.27. The summed E-state index contributed by atoms with van der Waals surface area (Å²) in [6.45, 7) is 7.84. The number of piperidine rings is 1. The molecule has 0 saturated carbocycles. The first-order valence-corrected chi connectivity index (χ1v) is 13.4. The molecule has 6 heteroatoms. The molecule has 35 heavy (non-hydrogen) atoms. The van der Waals surface area contributed by atoms with Gasteiger partial charge in [0.05, 0.1) is 5.56 Å². The lowest BCUT2D eigenvalue weighted by Crippen LogP contribution is -2.47. The number of hydrogen-bond donors (Lipinski definition) is 0. The maximum Gasteiger partial charge on any atom is 0.255 e. The van der Waals surface area contributed by atoms with E-state index in [1.807, 2.05) is 34.9 Å². The molecular weight excluding hydrogens is 436 g/mol. The molecule has 0 unspecified atom stereocenters. The van der Waals surface area contributed by atoms with E-state index in [4.69, 9.17) is 0 Å². The van der Waals surface area contributed by atoms with Gasteiger partial charge in [0.25, 0.3) is 5.91 Å². The van der Waals surface area contributed by atoms with Crippen LogP contribution >= 0.6 is 0 Å². The lowest BCUT2D eigenvalue weighted by Gasteiger charge is -2.39. The van der Waals surface area contributed by atoms with Crippen LogP contribution in [0.4, 0.5) is 5.69 Å². The van der Waals surface area contributed by atoms with Crippen molar-refractivity contribution in [2.75, 3.05) is 31.1 Å². The summed E-state index contributed by atoms with van der Waals surface area (Å²) in [7, 11) is 0. The zero-order valence-corrected chi connectivity index (χ0v) is 21.4. The molecular formula is C29H40N4O2. The van der Waals surface area contributed by atoms with Crippen LogP contribution in [0.1, 0.15) is 79.9 Å². The summed E-state index contributed by atoms with van der Waals surface area (Å²) in [5.41, 5.74) is 3.80. The van der Waals surface area contributed by atoms with Crippen molar-refractivity contribution in [2.24, 2.45) is 0 Å². The molecule has 2 aromatic rings. The van der Waals surface area contributed by atoms with Crippen LogP contribution in [0, 0.1) is 6.92 Å². The number of nitrogens with zero attached hydrogens (tertiary/aromatic N) is 4. The van der Waals surface area contributed by atoms with Gasteiger partial charge in [-0.25, -0.2) is 0 Å². The van der Waals surface area contributed by atoms with Gasteiger partial charge >= 0.3 is 0 Å². The molecule has 3 heterocycles. The van der Waals surface area contributed by atoms with Gasteiger partial charge in [-0.05, 0) is 62.9 Å². The lowest BCUT2D eigenvalue weighted by molar-refractivity contribution is -0.116. The first-order chi connectivity index (χ1) is 17.0. The molecule has 1 aromatic heterocycles. The highest BCUT2D eigenvalue weighted by Gasteiger charge is 2.29. The fourth-order valence-electron chi connectivity index (χ4n) is 5.57. The van der Waals surface area contributed by atoms with E-state index in [1.165, 1.54) is 37.7 Å². The van der Waals surface area contributed by atoms with Crippen molar-refractivity contribution in [3.8, 4) is 0 Å². The highest BCUT2D eigenvalue weighted by molar-refractivity contribution is 5.95. The first kappa shape index (κ1) is 25.4. The average Bonchev–Trinajstić information content (AvgIpc) is 2.89. The number of likely N-dealkylation sites (tertiary alicyclic amines) is 1. The molecule has 0 N–H and O–H groups in total. The molecule has 6 nitrogen and oxygen atoms in total. The molecule has 1 aromatic carbocycles. The molecule has 0 bridgehead atoms. The lowest BCUT2D eigenvalue weighted by atomic mass is 10.00. The van der Waals surface area contributed by atoms with E-state index >= 15 is 0 Å². The summed E-state index contributed by atoms with van der Waals surface area (Å²) in [5, 5.41) is 0. The Kier molecular flexibility index (Phi) is 8.91. The number of hydrogen-bond acceptors (Lipinski definition) is 4. The van der Waals surface area contributed by atoms with Gasteiger partial charge in [0.15, 0.2) is 0 Å². The molecule has 0 radical (unpaired) electrons. The number of para-hydroxylation sites is 1. The summed E-state index contributed by atoms with van der Waals surface area (Å²) >= 11 is 0. The van der Waals surface area contributed by atoms with Gasteiger partial charge in [-0.15, -0.1) is 0 Å². The van der Waals surface area contributed by atoms with Crippen molar-refractivity contribution in [1.82, 2.24) is 14.8 Å². The first-order valence-electron chi connectivity index (χ1n) is 13.4. The third-order valence-electron chi connectivity index (χ3n) is 7.62. The number of pyridine rings is 1. The molecule has 0 atom stereocenters. The quantitative estimate of drug-likeness (QED) is 0.598. The molecule has 4 rings (SSSR count). The maximum absolute atomic E-state index is 13.1. The smallest absolute Gasteiger partial charge is 0.255 e. The van der Waals surface area contributed by atoms with Gasteiger partial charge in [0.2, 0.25) is 5.91 Å². The second-order valence-electron chi connectivity index (χ2n) is 10.1. The Morgan fingerprint density at radius 1 is 0.857 bits per heavy atom. The molecule has 2 amide bonds. The monoisotopic (exact) mass is 476 g/mol. The Balaban J connectivity index is 1.49. The Bertz CT molecular complexity index is 1000. The third kappa shape index (κ3) is 6.49. The number of carbonyl (C=O) groups excluding carboxylic acids is 2. The van der Waals surface area contributed by atoms with Crippen LogP contribution in [0.5, 0.6) is 0 Å². The number of aryl methyl sites for hydroxylation is 1. The van der Waals surface area contributed by atoms with E-state index in [9.17, 15) is 9.59 Å². The van der Waals surface area contributed by atoms with Gasteiger partial charge in [0, 0.05) is 56.7 Å². The standard InChI is InChI=1S/C29H40N4O2/c1-23-27(13-11-17-30-23)29(35)31-20-15-26(16-21-31)32-18-9-5-3-4-6-10-19-33(24(2)34)28-14-8-7-12-25(28)22-32/h7-8,11-14,17,26H,3-6,9-10,15-16,18-22H2,1-2H3. The normalized spacial score (nSPS) is 19.3. The fraction of sp³-hybridized carbons (Fsp3) is 0.552. The van der Waals surface area contributed by atoms with Crippen molar-refractivity contribution in [3.63, 3.8) is 0 Å². The van der Waals surface area contributed by atoms with E-state index in [0.717, 1.165) is 63.4 Å². The number of aromatic nitrogens is 1. The van der Waals surface area contributed by atoms with Crippen molar-refractivity contribution in [3.05, 3.63) is 59.4 Å². The van der Waals surface area contributed by atoms with E-state index in [-0.39, 0.29) is 11.8 Å². The van der Waals surface area contributed by atoms with Gasteiger partial charge in [0.1, 0.15) is 0 Å². The van der Waals surface area contributed by atoms with E-state index in [1.54, 1.807) is 13.1 Å². The third-order valence-corrected chi connectivity index (χ3v) is 7.62. The Morgan fingerprint density at radius 3 is 2.26 bits per heavy atom. The van der Waals surface area contributed by atoms with E-state index in [2.05, 4.69) is 28.1 Å². The molecule has 2 aliphatic rings. The molecule has 1 saturated heterocycles. The predicted octanol–water partition coefficient (Wildman–Crippen LogP) is 5.20. The largest absolute Gasteiger partial charge is 0.338 e. The Morgan fingerprint density at radius 2 is 1.54 bits per heavy atom. The Labute approximate surface area is 210 Å². The SMILES string of the molecule is CC(=O)N1CCCCCCCCN(C2CCN(C(=O)c3cccnc3C)CC2)Cc2ccccc21. The zero-order valence-electron chi connectivity index (χ0n) is 21.4. The van der Waals surface area contributed by atoms with Crippen molar-refractivity contribution in [2.45, 2.75) is 77.8 Å². The molecule has 2 aliphatic heterocycles.